The number of nitrogens with zero attached hydrogens (tertiary/aromatic N) is 2. The van der Waals surface area contributed by atoms with E-state index in [2.05, 4.69) is 47.9 Å². The van der Waals surface area contributed by atoms with E-state index in [0.717, 1.165) is 62.1 Å². The predicted octanol–water partition coefficient (Wildman–Crippen LogP) is 7.34. The molecule has 0 amide bonds. The molecule has 240 valence electrons. The molecule has 8 nitrogen and oxygen atoms in total. The summed E-state index contributed by atoms with van der Waals surface area (Å²) in [7, 11) is 3.23. The van der Waals surface area contributed by atoms with Crippen molar-refractivity contribution in [2.24, 2.45) is 0 Å². The summed E-state index contributed by atoms with van der Waals surface area (Å²) in [6.07, 6.45) is 3.16. The highest BCUT2D eigenvalue weighted by Crippen LogP contribution is 2.50. The standard InChI is InChI=1S/C38H42N2O6/c1-5-39-15-13-25-20-33(43-3)34-22-28(25)29(39)17-23-7-10-27(11-8-23)45-38-36-26(21-35(44-4)37(38)42)14-16-40(6-2)30(36)18-24-9-12-31(41)32(19-24)46-34/h7-12,19-22,29-30,41-42H,5-6,13-18H2,1-4H3. The summed E-state index contributed by atoms with van der Waals surface area (Å²) in [5, 5.41) is 22.5. The second kappa shape index (κ2) is 12.4. The molecule has 4 aliphatic rings. The molecule has 6 bridgehead atoms. The van der Waals surface area contributed by atoms with Crippen molar-refractivity contribution in [3.8, 4) is 46.0 Å². The number of fused-ring (bicyclic) bond motifs is 2. The molecule has 0 fully saturated rings. The van der Waals surface area contributed by atoms with E-state index in [9.17, 15) is 10.2 Å². The van der Waals surface area contributed by atoms with Gasteiger partial charge >= 0.3 is 0 Å². The van der Waals surface area contributed by atoms with E-state index >= 15 is 0 Å². The van der Waals surface area contributed by atoms with Gasteiger partial charge in [-0.2, -0.15) is 0 Å². The van der Waals surface area contributed by atoms with Crippen molar-refractivity contribution in [2.45, 2.75) is 51.6 Å². The first kappa shape index (κ1) is 30.3. The van der Waals surface area contributed by atoms with Gasteiger partial charge in [-0.25, -0.2) is 0 Å². The molecule has 0 aliphatic carbocycles. The molecule has 0 radical (unpaired) electrons. The van der Waals surface area contributed by atoms with E-state index in [-0.39, 0.29) is 23.6 Å². The molecule has 4 aliphatic heterocycles. The minimum atomic E-state index is -0.0878. The van der Waals surface area contributed by atoms with Crippen LogP contribution in [0.3, 0.4) is 0 Å². The first-order chi connectivity index (χ1) is 22.4. The molecule has 4 aromatic carbocycles. The van der Waals surface area contributed by atoms with E-state index in [0.29, 0.717) is 40.9 Å². The molecule has 46 heavy (non-hydrogen) atoms. The van der Waals surface area contributed by atoms with E-state index in [1.165, 1.54) is 16.7 Å². The number of likely N-dealkylation sites (N-methyl/N-ethyl adjacent to an activating group) is 2. The molecule has 0 aromatic heterocycles. The molecule has 0 spiro atoms. The molecule has 2 unspecified atom stereocenters. The second-order valence-electron chi connectivity index (χ2n) is 12.4. The Balaban J connectivity index is 1.42. The lowest BCUT2D eigenvalue weighted by Gasteiger charge is -2.38. The highest BCUT2D eigenvalue weighted by molar-refractivity contribution is 5.62. The molecular weight excluding hydrogens is 580 g/mol. The molecular formula is C38H42N2O6. The Hall–Kier alpha value is -4.40. The third kappa shape index (κ3) is 5.39. The molecule has 4 heterocycles. The maximum atomic E-state index is 11.5. The smallest absolute Gasteiger partial charge is 0.201 e. The van der Waals surface area contributed by atoms with E-state index in [4.69, 9.17) is 18.9 Å². The fourth-order valence-corrected chi connectivity index (χ4v) is 7.49. The summed E-state index contributed by atoms with van der Waals surface area (Å²) in [4.78, 5) is 4.90. The van der Waals surface area contributed by atoms with Gasteiger partial charge in [-0.05, 0) is 109 Å². The molecule has 2 N–H and O–H groups in total. The van der Waals surface area contributed by atoms with Crippen molar-refractivity contribution in [1.82, 2.24) is 9.80 Å². The SMILES string of the molecule is CCN1CCc2cc(OC)c3cc2C1Cc1ccc(cc1)Oc1c(O)c(OC)cc2c1C(Cc1ccc(O)c(c1)O3)N(CC)CC2. The second-order valence-corrected chi connectivity index (χ2v) is 12.4. The number of aromatic hydroxyl groups is 2. The summed E-state index contributed by atoms with van der Waals surface area (Å²) < 4.78 is 24.5. The Morgan fingerprint density at radius 2 is 1.37 bits per heavy atom. The fourth-order valence-electron chi connectivity index (χ4n) is 7.49. The van der Waals surface area contributed by atoms with Gasteiger partial charge in [0.25, 0.3) is 0 Å². The molecule has 4 aromatic rings. The maximum Gasteiger partial charge on any atom is 0.201 e. The molecule has 2 atom stereocenters. The minimum absolute atomic E-state index is 0.00341. The summed E-state index contributed by atoms with van der Waals surface area (Å²) in [6.45, 7) is 7.92. The topological polar surface area (TPSA) is 83.9 Å². The average Bonchev–Trinajstić information content (AvgIpc) is 3.07. The monoisotopic (exact) mass is 622 g/mol. The van der Waals surface area contributed by atoms with Crippen molar-refractivity contribution in [3.05, 3.63) is 94.0 Å². The van der Waals surface area contributed by atoms with Gasteiger partial charge in [0.1, 0.15) is 5.75 Å². The number of benzene rings is 4. The summed E-state index contributed by atoms with van der Waals surface area (Å²) in [5.74, 6) is 3.15. The van der Waals surface area contributed by atoms with Crippen LogP contribution in [-0.4, -0.2) is 60.4 Å². The van der Waals surface area contributed by atoms with Gasteiger partial charge in [0.05, 0.1) is 14.2 Å². The zero-order valence-electron chi connectivity index (χ0n) is 27.0. The minimum Gasteiger partial charge on any atom is -0.504 e. The Bertz CT molecular complexity index is 1750. The van der Waals surface area contributed by atoms with Crippen LogP contribution in [0.25, 0.3) is 0 Å². The van der Waals surface area contributed by atoms with Crippen LogP contribution in [0.1, 0.15) is 59.3 Å². The predicted molar refractivity (Wildman–Crippen MR) is 177 cm³/mol. The van der Waals surface area contributed by atoms with Crippen LogP contribution in [0.5, 0.6) is 46.0 Å². The van der Waals surface area contributed by atoms with Gasteiger partial charge in [-0.1, -0.05) is 32.0 Å². The summed E-state index contributed by atoms with van der Waals surface area (Å²) >= 11 is 0. The van der Waals surface area contributed by atoms with Crippen LogP contribution in [0.15, 0.2) is 60.7 Å². The molecule has 8 rings (SSSR count). The first-order valence-corrected chi connectivity index (χ1v) is 16.3. The van der Waals surface area contributed by atoms with E-state index < -0.39 is 0 Å². The van der Waals surface area contributed by atoms with Crippen molar-refractivity contribution >= 4 is 0 Å². The highest BCUT2D eigenvalue weighted by atomic mass is 16.5. The third-order valence-electron chi connectivity index (χ3n) is 9.96. The van der Waals surface area contributed by atoms with Gasteiger partial charge in [-0.3, -0.25) is 9.80 Å². The number of hydrogen-bond acceptors (Lipinski definition) is 8. The van der Waals surface area contributed by atoms with Crippen molar-refractivity contribution in [3.63, 3.8) is 0 Å². The van der Waals surface area contributed by atoms with Gasteiger partial charge < -0.3 is 29.2 Å². The largest absolute Gasteiger partial charge is 0.504 e. The lowest BCUT2D eigenvalue weighted by Crippen LogP contribution is -2.36. The Morgan fingerprint density at radius 3 is 2.09 bits per heavy atom. The van der Waals surface area contributed by atoms with E-state index in [1.54, 1.807) is 20.3 Å². The van der Waals surface area contributed by atoms with E-state index in [1.807, 2.05) is 30.3 Å². The van der Waals surface area contributed by atoms with Crippen LogP contribution in [0.2, 0.25) is 0 Å². The van der Waals surface area contributed by atoms with Gasteiger partial charge in [0.2, 0.25) is 5.75 Å². The van der Waals surface area contributed by atoms with Crippen LogP contribution >= 0.6 is 0 Å². The van der Waals surface area contributed by atoms with Crippen molar-refractivity contribution in [1.29, 1.82) is 0 Å². The van der Waals surface area contributed by atoms with Gasteiger partial charge in [0, 0.05) is 30.7 Å². The number of methoxy groups -OCH3 is 2. The molecule has 0 saturated heterocycles. The average molecular weight is 623 g/mol. The van der Waals surface area contributed by atoms with Gasteiger partial charge in [0.15, 0.2) is 34.5 Å². The zero-order valence-corrected chi connectivity index (χ0v) is 27.0. The number of ether oxygens (including phenoxy) is 4. The summed E-state index contributed by atoms with van der Waals surface area (Å²) in [6, 6.07) is 20.0. The van der Waals surface area contributed by atoms with Crippen LogP contribution < -0.4 is 18.9 Å². The fraction of sp³-hybridized carbons (Fsp3) is 0.368. The maximum absolute atomic E-state index is 11.5. The normalized spacial score (nSPS) is 19.3. The van der Waals surface area contributed by atoms with Crippen LogP contribution in [-0.2, 0) is 25.7 Å². The highest BCUT2D eigenvalue weighted by Gasteiger charge is 2.34. The number of rotatable bonds is 4. The van der Waals surface area contributed by atoms with Crippen molar-refractivity contribution < 1.29 is 29.2 Å². The lowest BCUT2D eigenvalue weighted by atomic mass is 9.87. The Morgan fingerprint density at radius 1 is 0.717 bits per heavy atom. The third-order valence-corrected chi connectivity index (χ3v) is 9.96. The zero-order chi connectivity index (χ0) is 31.9. The van der Waals surface area contributed by atoms with Crippen molar-refractivity contribution in [2.75, 3.05) is 40.4 Å². The van der Waals surface area contributed by atoms with Crippen LogP contribution in [0.4, 0.5) is 0 Å². The summed E-state index contributed by atoms with van der Waals surface area (Å²) in [5.41, 5.74) is 6.67. The Labute approximate surface area is 270 Å². The number of hydrogen-bond donors (Lipinski definition) is 2. The van der Waals surface area contributed by atoms with Crippen LogP contribution in [0, 0.1) is 0 Å². The number of phenols is 2. The number of phenolic OH excluding ortho intramolecular Hbond substituents is 2. The van der Waals surface area contributed by atoms with Gasteiger partial charge in [-0.15, -0.1) is 0 Å². The molecule has 0 saturated carbocycles. The quantitative estimate of drug-likeness (QED) is 0.245. The first-order valence-electron chi connectivity index (χ1n) is 16.3. The lowest BCUT2D eigenvalue weighted by molar-refractivity contribution is 0.188. The molecule has 8 heteroatoms. The Kier molecular flexibility index (Phi) is 8.17.